The van der Waals surface area contributed by atoms with E-state index >= 15 is 0 Å². The fourth-order valence-corrected chi connectivity index (χ4v) is 5.80. The summed E-state index contributed by atoms with van der Waals surface area (Å²) in [5.41, 5.74) is 1.14. The molecule has 2 fully saturated rings. The van der Waals surface area contributed by atoms with Crippen LogP contribution in [0.15, 0.2) is 42.5 Å². The molecule has 0 radical (unpaired) electrons. The lowest BCUT2D eigenvalue weighted by Gasteiger charge is -2.45. The molecule has 4 nitrogen and oxygen atoms in total. The van der Waals surface area contributed by atoms with Crippen molar-refractivity contribution in [2.75, 3.05) is 33.4 Å². The number of rotatable bonds is 6. The van der Waals surface area contributed by atoms with Crippen LogP contribution in [0.5, 0.6) is 0 Å². The normalized spacial score (nSPS) is 22.3. The highest BCUT2D eigenvalue weighted by Crippen LogP contribution is 2.45. The number of amides is 1. The van der Waals surface area contributed by atoms with E-state index in [0.717, 1.165) is 44.5 Å². The summed E-state index contributed by atoms with van der Waals surface area (Å²) in [7, 11) is 1.72. The monoisotopic (exact) mass is 398 g/mol. The van der Waals surface area contributed by atoms with Gasteiger partial charge in [0.25, 0.3) is 0 Å². The van der Waals surface area contributed by atoms with E-state index in [1.807, 2.05) is 29.5 Å². The van der Waals surface area contributed by atoms with Gasteiger partial charge in [0.1, 0.15) is 0 Å². The largest absolute Gasteiger partial charge is 0.383 e. The molecule has 1 amide bonds. The Bertz CT molecular complexity index is 796. The number of carbonyl (C=O) groups is 1. The van der Waals surface area contributed by atoms with Crippen molar-refractivity contribution in [1.82, 2.24) is 9.80 Å². The third kappa shape index (κ3) is 3.88. The first-order valence-corrected chi connectivity index (χ1v) is 11.1. The quantitative estimate of drug-likeness (QED) is 0.736. The van der Waals surface area contributed by atoms with E-state index in [1.54, 1.807) is 7.11 Å². The fraction of sp³-hybridized carbons (Fsp3) is 0.522. The number of likely N-dealkylation sites (tertiary alicyclic amines) is 2. The van der Waals surface area contributed by atoms with E-state index in [0.29, 0.717) is 13.2 Å². The standard InChI is InChI=1S/C23H30N2O2S/c1-18-8-9-20(28-18)17-24-12-10-23(11-13-24)16-21(19-6-4-3-5-7-19)22(26)25(23)14-15-27-2/h3-9,21H,10-17H2,1-2H3/t21-/m0/s1. The minimum Gasteiger partial charge on any atom is -0.383 e. The Morgan fingerprint density at radius 3 is 2.54 bits per heavy atom. The number of hydrogen-bond donors (Lipinski definition) is 0. The molecule has 4 rings (SSSR count). The lowest BCUT2D eigenvalue weighted by Crippen LogP contribution is -2.53. The first-order chi connectivity index (χ1) is 13.6. The van der Waals surface area contributed by atoms with Crippen LogP contribution in [0, 0.1) is 6.92 Å². The van der Waals surface area contributed by atoms with Gasteiger partial charge in [-0.2, -0.15) is 0 Å². The predicted octanol–water partition coefficient (Wildman–Crippen LogP) is 4.05. The second-order valence-electron chi connectivity index (χ2n) is 8.16. The summed E-state index contributed by atoms with van der Waals surface area (Å²) >= 11 is 1.89. The maximum absolute atomic E-state index is 13.3. The van der Waals surface area contributed by atoms with Crippen LogP contribution in [0.2, 0.25) is 0 Å². The van der Waals surface area contributed by atoms with Crippen molar-refractivity contribution < 1.29 is 9.53 Å². The fourth-order valence-electron chi connectivity index (χ4n) is 4.87. The molecule has 28 heavy (non-hydrogen) atoms. The highest BCUT2D eigenvalue weighted by molar-refractivity contribution is 7.11. The van der Waals surface area contributed by atoms with Crippen LogP contribution < -0.4 is 0 Å². The van der Waals surface area contributed by atoms with Crippen molar-refractivity contribution in [3.63, 3.8) is 0 Å². The van der Waals surface area contributed by atoms with Gasteiger partial charge in [0.05, 0.1) is 12.5 Å². The molecule has 3 heterocycles. The maximum atomic E-state index is 13.3. The zero-order chi connectivity index (χ0) is 19.6. The van der Waals surface area contributed by atoms with Crippen LogP contribution in [-0.2, 0) is 16.1 Å². The molecule has 0 saturated carbocycles. The maximum Gasteiger partial charge on any atom is 0.230 e. The van der Waals surface area contributed by atoms with Crippen molar-refractivity contribution >= 4 is 17.2 Å². The smallest absolute Gasteiger partial charge is 0.230 e. The molecule has 5 heteroatoms. The van der Waals surface area contributed by atoms with E-state index in [1.165, 1.54) is 9.75 Å². The second-order valence-corrected chi connectivity index (χ2v) is 9.54. The zero-order valence-electron chi connectivity index (χ0n) is 16.9. The van der Waals surface area contributed by atoms with Crippen molar-refractivity contribution in [2.45, 2.75) is 44.2 Å². The Labute approximate surface area is 172 Å². The van der Waals surface area contributed by atoms with E-state index in [-0.39, 0.29) is 17.4 Å². The number of ether oxygens (including phenoxy) is 1. The van der Waals surface area contributed by atoms with Gasteiger partial charge in [0.15, 0.2) is 0 Å². The number of piperidine rings is 1. The van der Waals surface area contributed by atoms with E-state index < -0.39 is 0 Å². The Morgan fingerprint density at radius 2 is 1.89 bits per heavy atom. The third-order valence-electron chi connectivity index (χ3n) is 6.40. The summed E-state index contributed by atoms with van der Waals surface area (Å²) in [5.74, 6) is 0.273. The SMILES string of the molecule is COCCN1C(=O)[C@H](c2ccccc2)CC12CCN(Cc1ccc(C)s1)CC2. The Morgan fingerprint density at radius 1 is 1.14 bits per heavy atom. The molecule has 2 aliphatic heterocycles. The molecule has 1 atom stereocenters. The van der Waals surface area contributed by atoms with Gasteiger partial charge in [-0.1, -0.05) is 30.3 Å². The van der Waals surface area contributed by atoms with Crippen LogP contribution in [-0.4, -0.2) is 54.6 Å². The van der Waals surface area contributed by atoms with Crippen molar-refractivity contribution in [3.05, 3.63) is 57.8 Å². The number of methoxy groups -OCH3 is 1. The Hall–Kier alpha value is -1.69. The van der Waals surface area contributed by atoms with Gasteiger partial charge >= 0.3 is 0 Å². The number of carbonyl (C=O) groups excluding carboxylic acids is 1. The molecule has 2 saturated heterocycles. The molecule has 1 aromatic carbocycles. The van der Waals surface area contributed by atoms with Gasteiger partial charge in [-0.15, -0.1) is 11.3 Å². The lowest BCUT2D eigenvalue weighted by molar-refractivity contribution is -0.134. The molecule has 1 aromatic heterocycles. The number of hydrogen-bond acceptors (Lipinski definition) is 4. The lowest BCUT2D eigenvalue weighted by atomic mass is 9.81. The summed E-state index contributed by atoms with van der Waals surface area (Å²) in [6.07, 6.45) is 3.04. The Kier molecular flexibility index (Phi) is 5.85. The van der Waals surface area contributed by atoms with Crippen LogP contribution in [0.4, 0.5) is 0 Å². The van der Waals surface area contributed by atoms with Crippen LogP contribution in [0.3, 0.4) is 0 Å². The van der Waals surface area contributed by atoms with E-state index in [2.05, 4.69) is 41.0 Å². The molecule has 0 unspecified atom stereocenters. The van der Waals surface area contributed by atoms with Crippen LogP contribution in [0.25, 0.3) is 0 Å². The molecule has 0 N–H and O–H groups in total. The average molecular weight is 399 g/mol. The molecule has 150 valence electrons. The van der Waals surface area contributed by atoms with Crippen LogP contribution in [0.1, 0.15) is 40.5 Å². The van der Waals surface area contributed by atoms with Crippen molar-refractivity contribution in [1.29, 1.82) is 0 Å². The highest BCUT2D eigenvalue weighted by Gasteiger charge is 2.51. The van der Waals surface area contributed by atoms with E-state index in [9.17, 15) is 4.79 Å². The molecule has 0 bridgehead atoms. The van der Waals surface area contributed by atoms with Gasteiger partial charge in [-0.3, -0.25) is 9.69 Å². The van der Waals surface area contributed by atoms with Crippen LogP contribution >= 0.6 is 11.3 Å². The number of thiophene rings is 1. The molecule has 0 aliphatic carbocycles. The van der Waals surface area contributed by atoms with Crippen molar-refractivity contribution in [2.24, 2.45) is 0 Å². The van der Waals surface area contributed by atoms with Gasteiger partial charge in [-0.25, -0.2) is 0 Å². The number of aryl methyl sites for hydroxylation is 1. The summed E-state index contributed by atoms with van der Waals surface area (Å²) in [6.45, 7) is 6.60. The average Bonchev–Trinajstić information content (AvgIpc) is 3.24. The summed E-state index contributed by atoms with van der Waals surface area (Å²) in [6, 6.07) is 14.8. The van der Waals surface area contributed by atoms with Gasteiger partial charge in [-0.05, 0) is 43.9 Å². The van der Waals surface area contributed by atoms with Gasteiger partial charge in [0.2, 0.25) is 5.91 Å². The number of benzene rings is 1. The van der Waals surface area contributed by atoms with Gasteiger partial charge < -0.3 is 9.64 Å². The predicted molar refractivity (Wildman–Crippen MR) is 114 cm³/mol. The minimum absolute atomic E-state index is 0.00967. The third-order valence-corrected chi connectivity index (χ3v) is 7.39. The molecule has 2 aromatic rings. The molecular weight excluding hydrogens is 368 g/mol. The summed E-state index contributed by atoms with van der Waals surface area (Å²) < 4.78 is 5.33. The molecule has 2 aliphatic rings. The minimum atomic E-state index is -0.0159. The second kappa shape index (κ2) is 8.36. The first-order valence-electron chi connectivity index (χ1n) is 10.2. The first kappa shape index (κ1) is 19.6. The molecule has 1 spiro atoms. The molecular formula is C23H30N2O2S. The van der Waals surface area contributed by atoms with E-state index in [4.69, 9.17) is 4.74 Å². The Balaban J connectivity index is 1.49. The van der Waals surface area contributed by atoms with Gasteiger partial charge in [0, 0.05) is 48.6 Å². The topological polar surface area (TPSA) is 32.8 Å². The number of nitrogens with zero attached hydrogens (tertiary/aromatic N) is 2. The zero-order valence-corrected chi connectivity index (χ0v) is 17.7. The highest BCUT2D eigenvalue weighted by atomic mass is 32.1. The van der Waals surface area contributed by atoms with Crippen molar-refractivity contribution in [3.8, 4) is 0 Å². The summed E-state index contributed by atoms with van der Waals surface area (Å²) in [5, 5.41) is 0. The summed E-state index contributed by atoms with van der Waals surface area (Å²) in [4.78, 5) is 20.8.